The SMILES string of the molecule is C=CCCC#CCCCC[C@@H]1C[C@@H]1CCCCCCCCCC. The highest BCUT2D eigenvalue weighted by Crippen LogP contribution is 2.45. The van der Waals surface area contributed by atoms with Crippen LogP contribution in [0.2, 0.25) is 0 Å². The third kappa shape index (κ3) is 12.4. The lowest BCUT2D eigenvalue weighted by molar-refractivity contribution is 0.521. The zero-order valence-electron chi connectivity index (χ0n) is 15.8. The Labute approximate surface area is 146 Å². The second kappa shape index (κ2) is 14.9. The van der Waals surface area contributed by atoms with Crippen molar-refractivity contribution in [2.24, 2.45) is 11.8 Å². The molecule has 1 rings (SSSR count). The van der Waals surface area contributed by atoms with Gasteiger partial charge in [-0.2, -0.15) is 0 Å². The molecular formula is C23H40. The molecule has 0 amide bonds. The molecule has 1 fully saturated rings. The standard InChI is InChI=1S/C23H40/c1-3-5-7-9-11-13-15-17-19-22-21-23(22)20-18-16-14-12-10-8-6-4-2/h3,22-23H,1,4-8,10,12-21H2,2H3/t22-,23+/m1/s1. The van der Waals surface area contributed by atoms with Gasteiger partial charge in [-0.15, -0.1) is 18.4 Å². The Morgan fingerprint density at radius 1 is 0.783 bits per heavy atom. The Morgan fingerprint density at radius 2 is 1.35 bits per heavy atom. The molecule has 2 atom stereocenters. The highest BCUT2D eigenvalue weighted by molar-refractivity contribution is 4.99. The zero-order valence-corrected chi connectivity index (χ0v) is 15.8. The summed E-state index contributed by atoms with van der Waals surface area (Å²) in [7, 11) is 0. The van der Waals surface area contributed by atoms with E-state index in [0.29, 0.717) is 0 Å². The molecule has 0 aromatic heterocycles. The van der Waals surface area contributed by atoms with E-state index in [4.69, 9.17) is 0 Å². The van der Waals surface area contributed by atoms with Gasteiger partial charge in [0, 0.05) is 12.8 Å². The molecule has 23 heavy (non-hydrogen) atoms. The van der Waals surface area contributed by atoms with Gasteiger partial charge < -0.3 is 0 Å². The van der Waals surface area contributed by atoms with Crippen molar-refractivity contribution in [2.75, 3.05) is 0 Å². The quantitative estimate of drug-likeness (QED) is 0.165. The van der Waals surface area contributed by atoms with Crippen LogP contribution in [0.25, 0.3) is 0 Å². The van der Waals surface area contributed by atoms with Crippen molar-refractivity contribution < 1.29 is 0 Å². The summed E-state index contributed by atoms with van der Waals surface area (Å²) in [5, 5.41) is 0. The first-order valence-electron chi connectivity index (χ1n) is 10.4. The molecule has 132 valence electrons. The van der Waals surface area contributed by atoms with E-state index in [-0.39, 0.29) is 0 Å². The van der Waals surface area contributed by atoms with Crippen LogP contribution in [0.5, 0.6) is 0 Å². The van der Waals surface area contributed by atoms with Gasteiger partial charge in [0.25, 0.3) is 0 Å². The topological polar surface area (TPSA) is 0 Å². The van der Waals surface area contributed by atoms with Crippen LogP contribution in [0, 0.1) is 23.7 Å². The van der Waals surface area contributed by atoms with Gasteiger partial charge in [-0.25, -0.2) is 0 Å². The van der Waals surface area contributed by atoms with Crippen molar-refractivity contribution in [3.05, 3.63) is 12.7 Å². The third-order valence-corrected chi connectivity index (χ3v) is 5.22. The van der Waals surface area contributed by atoms with Crippen LogP contribution in [0.4, 0.5) is 0 Å². The predicted octanol–water partition coefficient (Wildman–Crippen LogP) is 7.68. The molecule has 0 N–H and O–H groups in total. The van der Waals surface area contributed by atoms with Crippen LogP contribution in [0.3, 0.4) is 0 Å². The highest BCUT2D eigenvalue weighted by Gasteiger charge is 2.34. The summed E-state index contributed by atoms with van der Waals surface area (Å²) in [4.78, 5) is 0. The molecule has 0 bridgehead atoms. The lowest BCUT2D eigenvalue weighted by atomic mass is 10.0. The van der Waals surface area contributed by atoms with Gasteiger partial charge in [0.05, 0.1) is 0 Å². The molecule has 1 saturated carbocycles. The summed E-state index contributed by atoms with van der Waals surface area (Å²) in [6.07, 6.45) is 24.0. The maximum Gasteiger partial charge on any atom is 0.0123 e. The number of rotatable bonds is 15. The van der Waals surface area contributed by atoms with Crippen LogP contribution >= 0.6 is 0 Å². The van der Waals surface area contributed by atoms with E-state index in [1.165, 1.54) is 83.5 Å². The highest BCUT2D eigenvalue weighted by atomic mass is 14.4. The van der Waals surface area contributed by atoms with Crippen molar-refractivity contribution in [2.45, 2.75) is 110 Å². The Morgan fingerprint density at radius 3 is 2.00 bits per heavy atom. The molecule has 0 aromatic rings. The van der Waals surface area contributed by atoms with Gasteiger partial charge in [0.2, 0.25) is 0 Å². The fourth-order valence-corrected chi connectivity index (χ4v) is 3.53. The summed E-state index contributed by atoms with van der Waals surface area (Å²) in [5.74, 6) is 8.70. The molecule has 0 spiro atoms. The van der Waals surface area contributed by atoms with Gasteiger partial charge in [-0.1, -0.05) is 83.6 Å². The first kappa shape index (κ1) is 20.3. The minimum Gasteiger partial charge on any atom is -0.103 e. The van der Waals surface area contributed by atoms with E-state index < -0.39 is 0 Å². The summed E-state index contributed by atoms with van der Waals surface area (Å²) >= 11 is 0. The summed E-state index contributed by atoms with van der Waals surface area (Å²) in [6.45, 7) is 6.02. The second-order valence-electron chi connectivity index (χ2n) is 7.45. The second-order valence-corrected chi connectivity index (χ2v) is 7.45. The predicted molar refractivity (Wildman–Crippen MR) is 104 cm³/mol. The van der Waals surface area contributed by atoms with Crippen molar-refractivity contribution in [1.29, 1.82) is 0 Å². The third-order valence-electron chi connectivity index (χ3n) is 5.22. The maximum absolute atomic E-state index is 3.72. The molecule has 0 heteroatoms. The van der Waals surface area contributed by atoms with E-state index >= 15 is 0 Å². The minimum absolute atomic E-state index is 0.993. The minimum atomic E-state index is 0.993. The molecule has 0 radical (unpaired) electrons. The van der Waals surface area contributed by atoms with Gasteiger partial charge >= 0.3 is 0 Å². The van der Waals surface area contributed by atoms with Crippen LogP contribution in [-0.2, 0) is 0 Å². The number of hydrogen-bond acceptors (Lipinski definition) is 0. The van der Waals surface area contributed by atoms with Crippen molar-refractivity contribution in [3.8, 4) is 11.8 Å². The largest absolute Gasteiger partial charge is 0.103 e. The Hall–Kier alpha value is -0.700. The number of hydrogen-bond donors (Lipinski definition) is 0. The van der Waals surface area contributed by atoms with Gasteiger partial charge in [-0.3, -0.25) is 0 Å². The summed E-state index contributed by atoms with van der Waals surface area (Å²) in [5.41, 5.74) is 0. The monoisotopic (exact) mass is 316 g/mol. The number of unbranched alkanes of at least 4 members (excludes halogenated alkanes) is 10. The zero-order chi connectivity index (χ0) is 16.6. The molecule has 1 aliphatic rings. The van der Waals surface area contributed by atoms with E-state index in [1.54, 1.807) is 0 Å². The maximum atomic E-state index is 3.72. The van der Waals surface area contributed by atoms with Gasteiger partial charge in [-0.05, 0) is 31.1 Å². The smallest absolute Gasteiger partial charge is 0.0123 e. The molecule has 0 aliphatic heterocycles. The first-order valence-corrected chi connectivity index (χ1v) is 10.4. The van der Waals surface area contributed by atoms with Gasteiger partial charge in [0.15, 0.2) is 0 Å². The van der Waals surface area contributed by atoms with Crippen LogP contribution in [0.1, 0.15) is 110 Å². The van der Waals surface area contributed by atoms with E-state index in [2.05, 4.69) is 25.3 Å². The van der Waals surface area contributed by atoms with Crippen LogP contribution in [-0.4, -0.2) is 0 Å². The first-order chi connectivity index (χ1) is 11.4. The van der Waals surface area contributed by atoms with Crippen molar-refractivity contribution in [3.63, 3.8) is 0 Å². The Balaban J connectivity index is 1.79. The Bertz CT molecular complexity index is 330. The lowest BCUT2D eigenvalue weighted by Gasteiger charge is -2.02. The molecule has 0 aromatic carbocycles. The molecule has 1 aliphatic carbocycles. The average molecular weight is 317 g/mol. The molecular weight excluding hydrogens is 276 g/mol. The Kier molecular flexibility index (Phi) is 13.1. The fraction of sp³-hybridized carbons (Fsp3) is 0.826. The van der Waals surface area contributed by atoms with Crippen molar-refractivity contribution >= 4 is 0 Å². The van der Waals surface area contributed by atoms with Crippen LogP contribution < -0.4 is 0 Å². The molecule has 0 nitrogen and oxygen atoms in total. The van der Waals surface area contributed by atoms with Crippen LogP contribution in [0.15, 0.2) is 12.7 Å². The fourth-order valence-electron chi connectivity index (χ4n) is 3.53. The lowest BCUT2D eigenvalue weighted by Crippen LogP contribution is -1.86. The van der Waals surface area contributed by atoms with Gasteiger partial charge in [0.1, 0.15) is 0 Å². The van der Waals surface area contributed by atoms with E-state index in [1.807, 2.05) is 6.08 Å². The van der Waals surface area contributed by atoms with Crippen molar-refractivity contribution in [1.82, 2.24) is 0 Å². The summed E-state index contributed by atoms with van der Waals surface area (Å²) < 4.78 is 0. The average Bonchev–Trinajstić information content (AvgIpc) is 3.31. The molecule has 0 unspecified atom stereocenters. The van der Waals surface area contributed by atoms with E-state index in [0.717, 1.165) is 31.1 Å². The summed E-state index contributed by atoms with van der Waals surface area (Å²) in [6, 6.07) is 0. The molecule has 0 heterocycles. The normalized spacial score (nSPS) is 19.2. The molecule has 0 saturated heterocycles. The number of allylic oxidation sites excluding steroid dienone is 1. The van der Waals surface area contributed by atoms with E-state index in [9.17, 15) is 0 Å².